The number of phenols is 2. The van der Waals surface area contributed by atoms with E-state index >= 15 is 0 Å². The molecule has 0 unspecified atom stereocenters. The molecule has 0 saturated carbocycles. The maximum Gasteiger partial charge on any atom is 0.219 e. The van der Waals surface area contributed by atoms with E-state index in [9.17, 15) is 10.2 Å². The van der Waals surface area contributed by atoms with Gasteiger partial charge in [-0.1, -0.05) is 112 Å². The Morgan fingerprint density at radius 3 is 2.10 bits per heavy atom. The third kappa shape index (κ3) is 9.45. The Morgan fingerprint density at radius 2 is 1.41 bits per heavy atom. The van der Waals surface area contributed by atoms with Crippen molar-refractivity contribution in [3.8, 4) is 17.2 Å². The number of phenolic OH excluding ortho intramolecular Hbond substituents is 2. The topological polar surface area (TPSA) is 84.1 Å². The lowest BCUT2D eigenvalue weighted by Crippen LogP contribution is -1.98. The lowest BCUT2D eigenvalue weighted by atomic mass is 10.1. The molecule has 0 aliphatic carbocycles. The number of unbranched alkanes of at least 4 members (excludes halogenated alkanes) is 9. The summed E-state index contributed by atoms with van der Waals surface area (Å²) in [6, 6.07) is 19.5. The average molecular weight is 609 g/mol. The molecule has 3 aromatic carbocycles. The number of rotatable bonds is 17. The molecule has 0 aliphatic rings. The zero-order chi connectivity index (χ0) is 28.9. The summed E-state index contributed by atoms with van der Waals surface area (Å²) in [5.41, 5.74) is 2.00. The van der Waals surface area contributed by atoms with E-state index in [4.69, 9.17) is 0 Å². The Hall–Kier alpha value is -2.62. The van der Waals surface area contributed by atoms with Gasteiger partial charge in [0.05, 0.1) is 20.4 Å². The van der Waals surface area contributed by atoms with Crippen LogP contribution in [0.4, 0.5) is 0 Å². The van der Waals surface area contributed by atoms with E-state index in [0.29, 0.717) is 14.9 Å². The van der Waals surface area contributed by atoms with E-state index in [1.165, 1.54) is 86.9 Å². The van der Waals surface area contributed by atoms with Gasteiger partial charge in [0.2, 0.25) is 5.16 Å². The van der Waals surface area contributed by atoms with Gasteiger partial charge in [0.25, 0.3) is 0 Å². The lowest BCUT2D eigenvalue weighted by molar-refractivity contribution is 0.423. The molecule has 0 radical (unpaired) electrons. The normalized spacial score (nSPS) is 11.3. The highest BCUT2D eigenvalue weighted by Crippen LogP contribution is 2.51. The number of aromatic nitrogens is 4. The molecule has 4 aromatic rings. The third-order valence-corrected chi connectivity index (χ3v) is 10.2. The van der Waals surface area contributed by atoms with E-state index < -0.39 is 0 Å². The molecular weight excluding hydrogens is 569 g/mol. The van der Waals surface area contributed by atoms with Crippen LogP contribution < -0.4 is 0 Å². The summed E-state index contributed by atoms with van der Waals surface area (Å²) in [5.74, 6) is 1.19. The Bertz CT molecular complexity index is 1350. The zero-order valence-corrected chi connectivity index (χ0v) is 26.4. The van der Waals surface area contributed by atoms with Gasteiger partial charge in [-0.05, 0) is 71.6 Å². The smallest absolute Gasteiger partial charge is 0.219 e. The van der Waals surface area contributed by atoms with Crippen molar-refractivity contribution < 1.29 is 10.2 Å². The second-order valence-corrected chi connectivity index (χ2v) is 13.4. The Labute approximate surface area is 256 Å². The van der Waals surface area contributed by atoms with E-state index in [-0.39, 0.29) is 11.5 Å². The van der Waals surface area contributed by atoms with Crippen LogP contribution in [0.1, 0.15) is 76.7 Å². The van der Waals surface area contributed by atoms with Crippen molar-refractivity contribution in [2.45, 2.75) is 103 Å². The quantitative estimate of drug-likeness (QED) is 0.0696. The predicted molar refractivity (Wildman–Crippen MR) is 171 cm³/mol. The molecule has 0 bridgehead atoms. The fourth-order valence-corrected chi connectivity index (χ4v) is 7.60. The molecule has 0 aliphatic heterocycles. The van der Waals surface area contributed by atoms with Crippen molar-refractivity contribution in [2.75, 3.05) is 5.75 Å². The van der Waals surface area contributed by atoms with E-state index in [1.807, 2.05) is 42.5 Å². The molecule has 41 heavy (non-hydrogen) atoms. The van der Waals surface area contributed by atoms with Gasteiger partial charge in [0.1, 0.15) is 11.5 Å². The summed E-state index contributed by atoms with van der Waals surface area (Å²) in [6.07, 6.45) is 12.9. The minimum absolute atomic E-state index is 0.131. The molecule has 9 heteroatoms. The third-order valence-electron chi connectivity index (χ3n) is 6.78. The number of aryl methyl sites for hydroxylation is 1. The zero-order valence-electron chi connectivity index (χ0n) is 24.0. The van der Waals surface area contributed by atoms with Gasteiger partial charge in [-0.2, -0.15) is 4.68 Å². The summed E-state index contributed by atoms with van der Waals surface area (Å²) >= 11 is 4.32. The molecule has 0 fully saturated rings. The van der Waals surface area contributed by atoms with Crippen LogP contribution in [0, 0.1) is 6.92 Å². The minimum atomic E-state index is 0.131. The van der Waals surface area contributed by atoms with Crippen LogP contribution in [-0.2, 0) is 0 Å². The molecule has 0 spiro atoms. The van der Waals surface area contributed by atoms with Crippen LogP contribution in [0.15, 0.2) is 85.4 Å². The molecule has 0 atom stereocenters. The number of hydrogen-bond donors (Lipinski definition) is 2. The molecule has 4 rings (SSSR count). The van der Waals surface area contributed by atoms with Gasteiger partial charge in [-0.15, -0.1) is 16.9 Å². The highest BCUT2D eigenvalue weighted by atomic mass is 32.2. The Morgan fingerprint density at radius 1 is 0.756 bits per heavy atom. The number of tetrazole rings is 1. The van der Waals surface area contributed by atoms with Gasteiger partial charge in [-0.3, -0.25) is 0 Å². The molecule has 1 aromatic heterocycles. The largest absolute Gasteiger partial charge is 0.507 e. The summed E-state index contributed by atoms with van der Waals surface area (Å²) in [7, 11) is 0. The number of hydrogen-bond acceptors (Lipinski definition) is 8. The Kier molecular flexibility index (Phi) is 12.8. The van der Waals surface area contributed by atoms with Crippen molar-refractivity contribution in [3.05, 3.63) is 66.2 Å². The highest BCUT2D eigenvalue weighted by Gasteiger charge is 2.22. The van der Waals surface area contributed by atoms with Crippen molar-refractivity contribution in [3.63, 3.8) is 0 Å². The van der Waals surface area contributed by atoms with Gasteiger partial charge in [0.15, 0.2) is 0 Å². The van der Waals surface area contributed by atoms with Crippen molar-refractivity contribution in [1.29, 1.82) is 0 Å². The van der Waals surface area contributed by atoms with Crippen LogP contribution in [0.2, 0.25) is 0 Å². The first-order chi connectivity index (χ1) is 20.1. The second-order valence-electron chi connectivity index (χ2n) is 10.2. The van der Waals surface area contributed by atoms with Crippen LogP contribution in [0.25, 0.3) is 5.69 Å². The van der Waals surface area contributed by atoms with Crippen molar-refractivity contribution in [1.82, 2.24) is 20.2 Å². The van der Waals surface area contributed by atoms with Gasteiger partial charge in [-0.25, -0.2) is 0 Å². The number of aromatic hydroxyl groups is 2. The first-order valence-corrected chi connectivity index (χ1v) is 17.2. The maximum atomic E-state index is 11.5. The molecule has 0 amide bonds. The second kappa shape index (κ2) is 16.7. The number of thioether (sulfide) groups is 1. The molecular formula is C32H40N4O2S3. The number of benzene rings is 3. The number of nitrogens with zero attached hydrogens (tertiary/aromatic N) is 4. The molecule has 218 valence electrons. The average Bonchev–Trinajstić information content (AvgIpc) is 3.45. The van der Waals surface area contributed by atoms with E-state index in [1.54, 1.807) is 22.5 Å². The maximum absolute atomic E-state index is 11.5. The molecule has 0 saturated heterocycles. The van der Waals surface area contributed by atoms with Gasteiger partial charge < -0.3 is 10.2 Å². The standard InChI is InChI=1S/C32H40N4O2S3/c1-3-4-5-6-7-8-9-10-11-15-22-39-30-27(37)23-28(29(38)31(30)40-26-20-18-24(2)19-21-26)41-32-33-34-35-36(32)25-16-13-12-14-17-25/h12-14,16-21,23,37-38H,3-11,15,22H2,1-2H3. The van der Waals surface area contributed by atoms with Crippen LogP contribution in [0.5, 0.6) is 11.5 Å². The highest BCUT2D eigenvalue weighted by molar-refractivity contribution is 8.02. The summed E-state index contributed by atoms with van der Waals surface area (Å²) in [4.78, 5) is 2.89. The van der Waals surface area contributed by atoms with Crippen LogP contribution >= 0.6 is 35.3 Å². The lowest BCUT2D eigenvalue weighted by Gasteiger charge is -2.16. The minimum Gasteiger partial charge on any atom is -0.507 e. The fraction of sp³-hybridized carbons (Fsp3) is 0.406. The van der Waals surface area contributed by atoms with Gasteiger partial charge >= 0.3 is 0 Å². The Balaban J connectivity index is 1.45. The summed E-state index contributed by atoms with van der Waals surface area (Å²) < 4.78 is 1.63. The van der Waals surface area contributed by atoms with E-state index in [2.05, 4.69) is 41.5 Å². The first kappa shape index (κ1) is 31.3. The predicted octanol–water partition coefficient (Wildman–Crippen LogP) is 9.70. The SMILES string of the molecule is CCCCCCCCCCCCSc1c(O)cc(Sc2nnnn2-c2ccccc2)c(O)c1Sc1ccc(C)cc1. The van der Waals surface area contributed by atoms with Crippen molar-refractivity contribution >= 4 is 35.3 Å². The van der Waals surface area contributed by atoms with Gasteiger partial charge in [0, 0.05) is 4.90 Å². The monoisotopic (exact) mass is 608 g/mol. The number of para-hydroxylation sites is 1. The van der Waals surface area contributed by atoms with E-state index in [0.717, 1.165) is 27.7 Å². The first-order valence-electron chi connectivity index (χ1n) is 14.5. The van der Waals surface area contributed by atoms with Crippen LogP contribution in [0.3, 0.4) is 0 Å². The van der Waals surface area contributed by atoms with Crippen LogP contribution in [-0.4, -0.2) is 36.2 Å². The van der Waals surface area contributed by atoms with Crippen molar-refractivity contribution in [2.24, 2.45) is 0 Å². The molecule has 6 nitrogen and oxygen atoms in total. The fourth-order valence-electron chi connectivity index (χ4n) is 4.47. The summed E-state index contributed by atoms with van der Waals surface area (Å²) in [5, 5.41) is 35.3. The molecule has 2 N–H and O–H groups in total. The molecule has 1 heterocycles. The summed E-state index contributed by atoms with van der Waals surface area (Å²) in [6.45, 7) is 4.31.